The number of nitrogens with zero attached hydrogens (tertiary/aromatic N) is 1. The first-order valence-corrected chi connectivity index (χ1v) is 9.12. The maximum Gasteiger partial charge on any atom is 0.387 e. The van der Waals surface area contributed by atoms with E-state index in [0.29, 0.717) is 30.9 Å². The standard InChI is InChI=1S/C20H23F2NO4/c1-25-11-14-9-20(12-23,7-6-16(14)24)15-4-5-17(27-19(21)22)18(8-15)26-10-13-2-3-13/h4-5,8,13-14,19H,2-3,6-7,9-11H2,1H3. The molecule has 0 amide bonds. The average Bonchev–Trinajstić information content (AvgIpc) is 3.47. The number of methoxy groups -OCH3 is 1. The van der Waals surface area contributed by atoms with Gasteiger partial charge in [0.2, 0.25) is 0 Å². The van der Waals surface area contributed by atoms with Crippen LogP contribution < -0.4 is 9.47 Å². The van der Waals surface area contributed by atoms with Crippen LogP contribution in [-0.4, -0.2) is 32.7 Å². The van der Waals surface area contributed by atoms with Crippen LogP contribution in [0, 0.1) is 23.2 Å². The molecule has 3 rings (SSSR count). The van der Waals surface area contributed by atoms with Gasteiger partial charge in [0.25, 0.3) is 0 Å². The Kier molecular flexibility index (Phi) is 5.95. The highest BCUT2D eigenvalue weighted by atomic mass is 19.3. The van der Waals surface area contributed by atoms with Gasteiger partial charge in [0.05, 0.1) is 24.7 Å². The lowest BCUT2D eigenvalue weighted by molar-refractivity contribution is -0.127. The highest BCUT2D eigenvalue weighted by molar-refractivity contribution is 5.82. The molecule has 0 aliphatic heterocycles. The molecule has 0 radical (unpaired) electrons. The highest BCUT2D eigenvalue weighted by Crippen LogP contribution is 2.43. The largest absolute Gasteiger partial charge is 0.489 e. The molecule has 0 saturated heterocycles. The number of benzene rings is 1. The van der Waals surface area contributed by atoms with E-state index < -0.39 is 12.0 Å². The van der Waals surface area contributed by atoms with Crippen molar-refractivity contribution in [2.75, 3.05) is 20.3 Å². The molecule has 1 aromatic carbocycles. The second-order valence-electron chi connectivity index (χ2n) is 7.31. The number of hydrogen-bond acceptors (Lipinski definition) is 5. The molecule has 5 nitrogen and oxygen atoms in total. The summed E-state index contributed by atoms with van der Waals surface area (Å²) in [5.74, 6) is 0.357. The quantitative estimate of drug-likeness (QED) is 0.686. The number of halogens is 2. The normalized spacial score (nSPS) is 25.3. The topological polar surface area (TPSA) is 68.6 Å². The van der Waals surface area contributed by atoms with Gasteiger partial charge in [-0.3, -0.25) is 4.79 Å². The summed E-state index contributed by atoms with van der Waals surface area (Å²) >= 11 is 0. The SMILES string of the molecule is COCC1CC(C#N)(c2ccc(OC(F)F)c(OCC3CC3)c2)CCC1=O. The third-order valence-corrected chi connectivity index (χ3v) is 5.31. The number of ether oxygens (including phenoxy) is 3. The fraction of sp³-hybridized carbons (Fsp3) is 0.600. The molecule has 2 unspecified atom stereocenters. The molecule has 27 heavy (non-hydrogen) atoms. The van der Waals surface area contributed by atoms with E-state index in [2.05, 4.69) is 10.8 Å². The summed E-state index contributed by atoms with van der Waals surface area (Å²) in [5.41, 5.74) is -0.218. The van der Waals surface area contributed by atoms with Crippen LogP contribution in [0.4, 0.5) is 8.78 Å². The molecule has 7 heteroatoms. The average molecular weight is 379 g/mol. The number of hydrogen-bond donors (Lipinski definition) is 0. The molecule has 1 aromatic rings. The number of Topliss-reactive ketones (excluding diaryl/α,β-unsaturated/α-hetero) is 1. The van der Waals surface area contributed by atoms with E-state index in [1.807, 2.05) is 0 Å². The van der Waals surface area contributed by atoms with E-state index in [9.17, 15) is 18.8 Å². The van der Waals surface area contributed by atoms with Crippen LogP contribution in [0.5, 0.6) is 11.5 Å². The Balaban J connectivity index is 1.89. The van der Waals surface area contributed by atoms with Crippen molar-refractivity contribution in [3.63, 3.8) is 0 Å². The Morgan fingerprint density at radius 1 is 1.30 bits per heavy atom. The second-order valence-corrected chi connectivity index (χ2v) is 7.31. The van der Waals surface area contributed by atoms with Gasteiger partial charge >= 0.3 is 6.61 Å². The maximum atomic E-state index is 12.7. The summed E-state index contributed by atoms with van der Waals surface area (Å²) in [4.78, 5) is 12.1. The zero-order valence-corrected chi connectivity index (χ0v) is 15.2. The lowest BCUT2D eigenvalue weighted by Crippen LogP contribution is -2.38. The lowest BCUT2D eigenvalue weighted by Gasteiger charge is -2.35. The van der Waals surface area contributed by atoms with E-state index >= 15 is 0 Å². The minimum atomic E-state index is -2.96. The Bertz CT molecular complexity index is 729. The summed E-state index contributed by atoms with van der Waals surface area (Å²) in [6.45, 7) is -2.25. The van der Waals surface area contributed by atoms with Gasteiger partial charge in [0.1, 0.15) is 5.78 Å². The lowest BCUT2D eigenvalue weighted by atomic mass is 9.66. The number of nitriles is 1. The summed E-state index contributed by atoms with van der Waals surface area (Å²) in [6, 6.07) is 7.01. The Hall–Kier alpha value is -2.20. The predicted molar refractivity (Wildman–Crippen MR) is 92.8 cm³/mol. The number of carbonyl (C=O) groups is 1. The number of rotatable bonds is 8. The van der Waals surface area contributed by atoms with Crippen molar-refractivity contribution in [2.24, 2.45) is 11.8 Å². The van der Waals surface area contributed by atoms with E-state index in [1.54, 1.807) is 12.1 Å². The van der Waals surface area contributed by atoms with Gasteiger partial charge in [-0.1, -0.05) is 6.07 Å². The summed E-state index contributed by atoms with van der Waals surface area (Å²) in [5, 5.41) is 9.91. The Morgan fingerprint density at radius 3 is 2.70 bits per heavy atom. The molecule has 2 fully saturated rings. The minimum Gasteiger partial charge on any atom is -0.489 e. The molecule has 2 aliphatic rings. The van der Waals surface area contributed by atoms with Crippen LogP contribution in [0.15, 0.2) is 18.2 Å². The van der Waals surface area contributed by atoms with Crippen molar-refractivity contribution in [3.8, 4) is 17.6 Å². The zero-order valence-electron chi connectivity index (χ0n) is 15.2. The van der Waals surface area contributed by atoms with Crippen molar-refractivity contribution >= 4 is 5.78 Å². The minimum absolute atomic E-state index is 0.0391. The second kappa shape index (κ2) is 8.22. The van der Waals surface area contributed by atoms with Gasteiger partial charge in [0, 0.05) is 19.4 Å². The summed E-state index contributed by atoms with van der Waals surface area (Å²) in [7, 11) is 1.52. The van der Waals surface area contributed by atoms with Gasteiger partial charge < -0.3 is 14.2 Å². The van der Waals surface area contributed by atoms with Crippen LogP contribution in [0.3, 0.4) is 0 Å². The van der Waals surface area contributed by atoms with Crippen molar-refractivity contribution < 1.29 is 27.8 Å². The molecule has 0 N–H and O–H groups in total. The molecule has 0 heterocycles. The molecule has 2 saturated carbocycles. The Labute approximate surface area is 157 Å². The van der Waals surface area contributed by atoms with Gasteiger partial charge in [-0.25, -0.2) is 0 Å². The van der Waals surface area contributed by atoms with Gasteiger partial charge in [-0.2, -0.15) is 14.0 Å². The fourth-order valence-corrected chi connectivity index (χ4v) is 3.56. The number of carbonyl (C=O) groups excluding carboxylic acids is 1. The molecule has 146 valence electrons. The molecular weight excluding hydrogens is 356 g/mol. The van der Waals surface area contributed by atoms with Crippen molar-refractivity contribution in [1.82, 2.24) is 0 Å². The van der Waals surface area contributed by atoms with Crippen molar-refractivity contribution in [3.05, 3.63) is 23.8 Å². The molecule has 2 aliphatic carbocycles. The predicted octanol–water partition coefficient (Wildman–Crippen LogP) is 3.85. The Morgan fingerprint density at radius 2 is 2.07 bits per heavy atom. The van der Waals surface area contributed by atoms with Crippen LogP contribution in [0.25, 0.3) is 0 Å². The van der Waals surface area contributed by atoms with Gasteiger partial charge in [-0.05, 0) is 49.3 Å². The number of alkyl halides is 2. The molecule has 2 atom stereocenters. The van der Waals surface area contributed by atoms with Gasteiger partial charge in [0.15, 0.2) is 11.5 Å². The van der Waals surface area contributed by atoms with E-state index in [-0.39, 0.29) is 36.2 Å². The van der Waals surface area contributed by atoms with Crippen LogP contribution >= 0.6 is 0 Å². The summed E-state index contributed by atoms with van der Waals surface area (Å²) < 4.78 is 40.8. The zero-order chi connectivity index (χ0) is 19.4. The first-order chi connectivity index (χ1) is 13.0. The van der Waals surface area contributed by atoms with Crippen molar-refractivity contribution in [1.29, 1.82) is 5.26 Å². The first kappa shape index (κ1) is 19.6. The molecular formula is C20H23F2NO4. The molecule has 0 bridgehead atoms. The fourth-order valence-electron chi connectivity index (χ4n) is 3.56. The third-order valence-electron chi connectivity index (χ3n) is 5.31. The third kappa shape index (κ3) is 4.56. The van der Waals surface area contributed by atoms with Crippen LogP contribution in [0.1, 0.15) is 37.7 Å². The smallest absolute Gasteiger partial charge is 0.387 e. The maximum absolute atomic E-state index is 12.7. The highest BCUT2D eigenvalue weighted by Gasteiger charge is 2.42. The number of ketones is 1. The summed E-state index contributed by atoms with van der Waals surface area (Å²) in [6.07, 6.45) is 3.14. The monoisotopic (exact) mass is 379 g/mol. The van der Waals surface area contributed by atoms with Gasteiger partial charge in [-0.15, -0.1) is 0 Å². The van der Waals surface area contributed by atoms with Crippen LogP contribution in [0.2, 0.25) is 0 Å². The van der Waals surface area contributed by atoms with E-state index in [1.165, 1.54) is 13.2 Å². The van der Waals surface area contributed by atoms with E-state index in [0.717, 1.165) is 12.8 Å². The van der Waals surface area contributed by atoms with E-state index in [4.69, 9.17) is 9.47 Å². The molecule has 0 spiro atoms. The van der Waals surface area contributed by atoms with Crippen LogP contribution in [-0.2, 0) is 14.9 Å². The first-order valence-electron chi connectivity index (χ1n) is 9.12. The van der Waals surface area contributed by atoms with Crippen molar-refractivity contribution in [2.45, 2.75) is 44.1 Å². The molecule has 0 aromatic heterocycles.